The minimum Gasteiger partial charge on any atom is -0.490 e. The normalized spacial score (nSPS) is 22.4. The lowest BCUT2D eigenvalue weighted by Crippen LogP contribution is -2.52. The summed E-state index contributed by atoms with van der Waals surface area (Å²) in [5.74, 6) is 1.23. The quantitative estimate of drug-likeness (QED) is 0.717. The van der Waals surface area contributed by atoms with Gasteiger partial charge in [0.15, 0.2) is 9.84 Å². The van der Waals surface area contributed by atoms with E-state index in [1.165, 1.54) is 5.57 Å². The smallest absolute Gasteiger partial charge is 0.254 e. The Bertz CT molecular complexity index is 807. The zero-order valence-corrected chi connectivity index (χ0v) is 16.9. The fourth-order valence-electron chi connectivity index (χ4n) is 3.56. The third-order valence-corrected chi connectivity index (χ3v) is 6.90. The van der Waals surface area contributed by atoms with E-state index in [2.05, 4.69) is 4.90 Å². The molecule has 0 N–H and O–H groups in total. The minimum atomic E-state index is -2.88. The highest BCUT2D eigenvalue weighted by atomic mass is 32.2. The van der Waals surface area contributed by atoms with E-state index in [0.717, 1.165) is 13.1 Å². The molecule has 0 spiro atoms. The Morgan fingerprint density at radius 2 is 1.96 bits per heavy atom. The minimum absolute atomic E-state index is 0.00126. The van der Waals surface area contributed by atoms with Gasteiger partial charge in [0.25, 0.3) is 5.91 Å². The molecule has 1 atom stereocenters. The SMILES string of the molecule is CC(C)=CCOc1cccc(C(=O)N2CCN(C3CCS(=O)(=O)C3)CC2)c1. The maximum absolute atomic E-state index is 12.8. The largest absolute Gasteiger partial charge is 0.490 e. The van der Waals surface area contributed by atoms with Crippen molar-refractivity contribution in [2.75, 3.05) is 44.3 Å². The van der Waals surface area contributed by atoms with Crippen LogP contribution in [0.5, 0.6) is 5.75 Å². The number of nitrogens with zero attached hydrogens (tertiary/aromatic N) is 2. The van der Waals surface area contributed by atoms with Gasteiger partial charge in [-0.25, -0.2) is 8.42 Å². The third-order valence-electron chi connectivity index (χ3n) is 5.15. The maximum Gasteiger partial charge on any atom is 0.254 e. The molecule has 0 aromatic heterocycles. The van der Waals surface area contributed by atoms with Gasteiger partial charge in [0.05, 0.1) is 11.5 Å². The van der Waals surface area contributed by atoms with E-state index in [-0.39, 0.29) is 23.5 Å². The number of allylic oxidation sites excluding steroid dienone is 1. The highest BCUT2D eigenvalue weighted by Crippen LogP contribution is 2.21. The fraction of sp³-hybridized carbons (Fsp3) is 0.550. The van der Waals surface area contributed by atoms with Crippen LogP contribution in [0.15, 0.2) is 35.9 Å². The van der Waals surface area contributed by atoms with Crippen LogP contribution in [0.1, 0.15) is 30.6 Å². The first-order valence-corrected chi connectivity index (χ1v) is 11.3. The van der Waals surface area contributed by atoms with Crippen LogP contribution >= 0.6 is 0 Å². The zero-order chi connectivity index (χ0) is 19.4. The van der Waals surface area contributed by atoms with Gasteiger partial charge in [-0.2, -0.15) is 0 Å². The number of ether oxygens (including phenoxy) is 1. The molecule has 1 amide bonds. The molecule has 0 aliphatic carbocycles. The van der Waals surface area contributed by atoms with Crippen molar-refractivity contribution in [3.8, 4) is 5.75 Å². The fourth-order valence-corrected chi connectivity index (χ4v) is 5.32. The Labute approximate surface area is 161 Å². The van der Waals surface area contributed by atoms with E-state index in [4.69, 9.17) is 4.74 Å². The lowest BCUT2D eigenvalue weighted by Gasteiger charge is -2.37. The summed E-state index contributed by atoms with van der Waals surface area (Å²) >= 11 is 0. The number of benzene rings is 1. The van der Waals surface area contributed by atoms with Crippen LogP contribution in [0, 0.1) is 0 Å². The lowest BCUT2D eigenvalue weighted by atomic mass is 10.1. The van der Waals surface area contributed by atoms with Crippen LogP contribution < -0.4 is 4.74 Å². The van der Waals surface area contributed by atoms with E-state index in [0.29, 0.717) is 37.4 Å². The number of hydrogen-bond donors (Lipinski definition) is 0. The van der Waals surface area contributed by atoms with Crippen LogP contribution in [0.2, 0.25) is 0 Å². The molecule has 2 fully saturated rings. The van der Waals surface area contributed by atoms with Gasteiger partial charge in [-0.1, -0.05) is 11.6 Å². The molecule has 3 rings (SSSR count). The Hall–Kier alpha value is -1.86. The topological polar surface area (TPSA) is 66.9 Å². The number of carbonyl (C=O) groups excluding carboxylic acids is 1. The summed E-state index contributed by atoms with van der Waals surface area (Å²) in [6.07, 6.45) is 2.71. The van der Waals surface area contributed by atoms with Crippen molar-refractivity contribution in [1.29, 1.82) is 0 Å². The summed E-state index contributed by atoms with van der Waals surface area (Å²) in [7, 11) is -2.88. The number of piperazine rings is 1. The van der Waals surface area contributed by atoms with Crippen molar-refractivity contribution in [3.63, 3.8) is 0 Å². The summed E-state index contributed by atoms with van der Waals surface area (Å²) in [6, 6.07) is 7.40. The van der Waals surface area contributed by atoms with E-state index in [9.17, 15) is 13.2 Å². The number of hydrogen-bond acceptors (Lipinski definition) is 5. The Balaban J connectivity index is 1.55. The molecule has 148 valence electrons. The van der Waals surface area contributed by atoms with E-state index >= 15 is 0 Å². The molecule has 7 heteroatoms. The van der Waals surface area contributed by atoms with Gasteiger partial charge in [-0.3, -0.25) is 9.69 Å². The predicted octanol–water partition coefficient (Wildman–Crippen LogP) is 1.98. The molecular formula is C20H28N2O4S. The molecular weight excluding hydrogens is 364 g/mol. The third kappa shape index (κ3) is 5.32. The van der Waals surface area contributed by atoms with Crippen LogP contribution in [0.3, 0.4) is 0 Å². The van der Waals surface area contributed by atoms with Crippen LogP contribution in [-0.2, 0) is 9.84 Å². The summed E-state index contributed by atoms with van der Waals surface area (Å²) in [4.78, 5) is 16.9. The molecule has 0 saturated carbocycles. The van der Waals surface area contributed by atoms with Crippen molar-refractivity contribution in [2.24, 2.45) is 0 Å². The summed E-state index contributed by atoms with van der Waals surface area (Å²) in [5.41, 5.74) is 1.82. The molecule has 6 nitrogen and oxygen atoms in total. The van der Waals surface area contributed by atoms with Crippen LogP contribution in [-0.4, -0.2) is 74.5 Å². The average molecular weight is 393 g/mol. The Morgan fingerprint density at radius 3 is 2.59 bits per heavy atom. The number of rotatable bonds is 5. The first kappa shape index (κ1) is 19.9. The number of carbonyl (C=O) groups is 1. The van der Waals surface area contributed by atoms with Crippen molar-refractivity contribution in [3.05, 3.63) is 41.5 Å². The predicted molar refractivity (Wildman–Crippen MR) is 106 cm³/mol. The highest BCUT2D eigenvalue weighted by Gasteiger charge is 2.34. The number of amides is 1. The van der Waals surface area contributed by atoms with Gasteiger partial charge in [-0.05, 0) is 44.5 Å². The summed E-state index contributed by atoms with van der Waals surface area (Å²) in [6.45, 7) is 7.22. The first-order valence-electron chi connectivity index (χ1n) is 9.44. The van der Waals surface area contributed by atoms with Gasteiger partial charge in [0.1, 0.15) is 12.4 Å². The Kier molecular flexibility index (Phi) is 6.22. The second-order valence-electron chi connectivity index (χ2n) is 7.51. The monoisotopic (exact) mass is 392 g/mol. The molecule has 0 bridgehead atoms. The van der Waals surface area contributed by atoms with Crippen LogP contribution in [0.4, 0.5) is 0 Å². The van der Waals surface area contributed by atoms with Crippen LogP contribution in [0.25, 0.3) is 0 Å². The number of sulfone groups is 1. The first-order chi connectivity index (χ1) is 12.8. The van der Waals surface area contributed by atoms with E-state index in [1.54, 1.807) is 6.07 Å². The zero-order valence-electron chi connectivity index (χ0n) is 16.1. The second kappa shape index (κ2) is 8.44. The van der Waals surface area contributed by atoms with Crippen molar-refractivity contribution >= 4 is 15.7 Å². The molecule has 1 aromatic carbocycles. The standard InChI is InChI=1S/C20H28N2O4S/c1-16(2)6-12-26-19-5-3-4-17(14-19)20(23)22-10-8-21(9-11-22)18-7-13-27(24,25)15-18/h3-6,14,18H,7-13,15H2,1-2H3. The summed E-state index contributed by atoms with van der Waals surface area (Å²) < 4.78 is 29.0. The highest BCUT2D eigenvalue weighted by molar-refractivity contribution is 7.91. The van der Waals surface area contributed by atoms with Crippen molar-refractivity contribution < 1.29 is 17.9 Å². The van der Waals surface area contributed by atoms with Crippen molar-refractivity contribution in [1.82, 2.24) is 9.80 Å². The lowest BCUT2D eigenvalue weighted by molar-refractivity contribution is 0.0587. The van der Waals surface area contributed by atoms with Gasteiger partial charge < -0.3 is 9.64 Å². The maximum atomic E-state index is 12.8. The van der Waals surface area contributed by atoms with E-state index < -0.39 is 9.84 Å². The molecule has 2 heterocycles. The summed E-state index contributed by atoms with van der Waals surface area (Å²) in [5, 5.41) is 0. The average Bonchev–Trinajstić information content (AvgIpc) is 3.01. The molecule has 1 unspecified atom stereocenters. The van der Waals surface area contributed by atoms with Crippen molar-refractivity contribution in [2.45, 2.75) is 26.3 Å². The Morgan fingerprint density at radius 1 is 1.22 bits per heavy atom. The van der Waals surface area contributed by atoms with Gasteiger partial charge in [0.2, 0.25) is 0 Å². The second-order valence-corrected chi connectivity index (χ2v) is 9.73. The molecule has 2 saturated heterocycles. The van der Waals surface area contributed by atoms with Gasteiger partial charge in [-0.15, -0.1) is 0 Å². The molecule has 2 aliphatic rings. The molecule has 1 aromatic rings. The van der Waals surface area contributed by atoms with E-state index in [1.807, 2.05) is 43.0 Å². The van der Waals surface area contributed by atoms with Gasteiger partial charge >= 0.3 is 0 Å². The molecule has 0 radical (unpaired) electrons. The molecule has 27 heavy (non-hydrogen) atoms. The van der Waals surface area contributed by atoms with Gasteiger partial charge in [0, 0.05) is 37.8 Å². The molecule has 2 aliphatic heterocycles.